The quantitative estimate of drug-likeness (QED) is 0.903. The maximum atomic E-state index is 12.3. The minimum Gasteiger partial charge on any atom is -0.270 e. The fourth-order valence-electron chi connectivity index (χ4n) is 2.13. The molecule has 0 spiro atoms. The van der Waals surface area contributed by atoms with Crippen molar-refractivity contribution in [3.05, 3.63) is 28.2 Å². The van der Waals surface area contributed by atoms with Crippen molar-refractivity contribution in [1.29, 1.82) is 5.26 Å². The highest BCUT2D eigenvalue weighted by Crippen LogP contribution is 2.24. The SMILES string of the molecule is CC1CCN(S(=O)(=O)Nc2ccc(Br)cc2C#N)CC1. The second-order valence-corrected chi connectivity index (χ2v) is 7.58. The van der Waals surface area contributed by atoms with Crippen LogP contribution in [0.4, 0.5) is 5.69 Å². The van der Waals surface area contributed by atoms with Crippen LogP contribution in [0, 0.1) is 17.2 Å². The van der Waals surface area contributed by atoms with Crippen molar-refractivity contribution in [1.82, 2.24) is 4.31 Å². The molecule has 0 aliphatic carbocycles. The number of nitrogens with one attached hydrogen (secondary N) is 1. The van der Waals surface area contributed by atoms with Gasteiger partial charge in [0.05, 0.1) is 11.3 Å². The number of nitrogens with zero attached hydrogens (tertiary/aromatic N) is 2. The van der Waals surface area contributed by atoms with Crippen LogP contribution in [0.15, 0.2) is 22.7 Å². The van der Waals surface area contributed by atoms with E-state index in [0.717, 1.165) is 17.3 Å². The molecule has 7 heteroatoms. The van der Waals surface area contributed by atoms with E-state index in [2.05, 4.69) is 27.6 Å². The van der Waals surface area contributed by atoms with E-state index in [1.807, 2.05) is 6.07 Å². The maximum absolute atomic E-state index is 12.3. The topological polar surface area (TPSA) is 73.2 Å². The van der Waals surface area contributed by atoms with Crippen LogP contribution in [-0.4, -0.2) is 25.8 Å². The molecule has 2 rings (SSSR count). The van der Waals surface area contributed by atoms with Crippen molar-refractivity contribution in [3.8, 4) is 6.07 Å². The minimum atomic E-state index is -3.59. The first-order valence-electron chi connectivity index (χ1n) is 6.40. The predicted octanol–water partition coefficient (Wildman–Crippen LogP) is 2.71. The molecule has 5 nitrogen and oxygen atoms in total. The lowest BCUT2D eigenvalue weighted by Gasteiger charge is -2.29. The first kappa shape index (κ1) is 15.3. The summed E-state index contributed by atoms with van der Waals surface area (Å²) in [7, 11) is -3.59. The second kappa shape index (κ2) is 6.12. The van der Waals surface area contributed by atoms with Gasteiger partial charge in [-0.2, -0.15) is 18.0 Å². The van der Waals surface area contributed by atoms with Gasteiger partial charge in [0.15, 0.2) is 0 Å². The Kier molecular flexibility index (Phi) is 4.68. The standard InChI is InChI=1S/C13H16BrN3O2S/c1-10-4-6-17(7-5-10)20(18,19)16-13-3-2-12(14)8-11(13)9-15/h2-3,8,10,16H,4-7H2,1H3. The number of rotatable bonds is 3. The van der Waals surface area contributed by atoms with Gasteiger partial charge in [-0.05, 0) is 37.0 Å². The van der Waals surface area contributed by atoms with Crippen molar-refractivity contribution in [2.45, 2.75) is 19.8 Å². The summed E-state index contributed by atoms with van der Waals surface area (Å²) in [5, 5.41) is 9.07. The number of piperidine rings is 1. The average molecular weight is 358 g/mol. The van der Waals surface area contributed by atoms with E-state index < -0.39 is 10.2 Å². The predicted molar refractivity (Wildman–Crippen MR) is 81.4 cm³/mol. The molecule has 0 unspecified atom stereocenters. The molecule has 0 bridgehead atoms. The van der Waals surface area contributed by atoms with Crippen LogP contribution in [0.2, 0.25) is 0 Å². The van der Waals surface area contributed by atoms with E-state index >= 15 is 0 Å². The minimum absolute atomic E-state index is 0.299. The van der Waals surface area contributed by atoms with Crippen molar-refractivity contribution in [2.75, 3.05) is 17.8 Å². The van der Waals surface area contributed by atoms with Gasteiger partial charge < -0.3 is 0 Å². The molecule has 1 aliphatic heterocycles. The highest BCUT2D eigenvalue weighted by atomic mass is 79.9. The van der Waals surface area contributed by atoms with E-state index in [1.165, 1.54) is 4.31 Å². The van der Waals surface area contributed by atoms with Gasteiger partial charge in [0.1, 0.15) is 6.07 Å². The molecule has 20 heavy (non-hydrogen) atoms. The van der Waals surface area contributed by atoms with E-state index in [0.29, 0.717) is 30.3 Å². The van der Waals surface area contributed by atoms with Crippen molar-refractivity contribution >= 4 is 31.8 Å². The van der Waals surface area contributed by atoms with Gasteiger partial charge in [-0.3, -0.25) is 4.72 Å². The number of hydrogen-bond donors (Lipinski definition) is 1. The summed E-state index contributed by atoms with van der Waals surface area (Å²) in [5.74, 6) is 0.559. The lowest BCUT2D eigenvalue weighted by molar-refractivity contribution is 0.289. The summed E-state index contributed by atoms with van der Waals surface area (Å²) >= 11 is 3.26. The van der Waals surface area contributed by atoms with Crippen LogP contribution < -0.4 is 4.72 Å². The fraction of sp³-hybridized carbons (Fsp3) is 0.462. The van der Waals surface area contributed by atoms with Crippen LogP contribution in [-0.2, 0) is 10.2 Å². The van der Waals surface area contributed by atoms with Crippen LogP contribution in [0.25, 0.3) is 0 Å². The largest absolute Gasteiger partial charge is 0.301 e. The summed E-state index contributed by atoms with van der Waals surface area (Å²) in [4.78, 5) is 0. The molecule has 1 saturated heterocycles. The Balaban J connectivity index is 2.19. The third-order valence-corrected chi connectivity index (χ3v) is 5.44. The molecule has 1 N–H and O–H groups in total. The Morgan fingerprint density at radius 3 is 2.65 bits per heavy atom. The molecule has 0 radical (unpaired) electrons. The van der Waals surface area contributed by atoms with Crippen LogP contribution in [0.5, 0.6) is 0 Å². The molecule has 0 saturated carbocycles. The molecule has 0 aromatic heterocycles. The van der Waals surface area contributed by atoms with E-state index in [-0.39, 0.29) is 0 Å². The van der Waals surface area contributed by atoms with Gasteiger partial charge in [0.2, 0.25) is 0 Å². The number of anilines is 1. The van der Waals surface area contributed by atoms with Gasteiger partial charge >= 0.3 is 10.2 Å². The average Bonchev–Trinajstić information content (AvgIpc) is 2.41. The highest BCUT2D eigenvalue weighted by molar-refractivity contribution is 9.10. The summed E-state index contributed by atoms with van der Waals surface area (Å²) in [6.45, 7) is 3.17. The first-order valence-corrected chi connectivity index (χ1v) is 8.63. The Hall–Kier alpha value is -1.10. The first-order chi connectivity index (χ1) is 9.42. The zero-order chi connectivity index (χ0) is 14.8. The number of nitriles is 1. The van der Waals surface area contributed by atoms with Crippen LogP contribution in [0.1, 0.15) is 25.3 Å². The highest BCUT2D eigenvalue weighted by Gasteiger charge is 2.26. The van der Waals surface area contributed by atoms with Gasteiger partial charge in [-0.1, -0.05) is 22.9 Å². The third kappa shape index (κ3) is 3.51. The Bertz CT molecular complexity index is 632. The number of halogens is 1. The van der Waals surface area contributed by atoms with Gasteiger partial charge in [0.25, 0.3) is 0 Å². The fourth-order valence-corrected chi connectivity index (χ4v) is 3.76. The molecular weight excluding hydrogens is 342 g/mol. The molecule has 1 fully saturated rings. The molecule has 1 aromatic carbocycles. The van der Waals surface area contributed by atoms with Crippen molar-refractivity contribution in [2.24, 2.45) is 5.92 Å². The number of hydrogen-bond acceptors (Lipinski definition) is 3. The Morgan fingerprint density at radius 1 is 1.40 bits per heavy atom. The third-order valence-electron chi connectivity index (χ3n) is 3.42. The second-order valence-electron chi connectivity index (χ2n) is 4.99. The van der Waals surface area contributed by atoms with Gasteiger partial charge in [-0.25, -0.2) is 0 Å². The van der Waals surface area contributed by atoms with Gasteiger partial charge in [0, 0.05) is 17.6 Å². The van der Waals surface area contributed by atoms with Gasteiger partial charge in [-0.15, -0.1) is 0 Å². The molecular formula is C13H16BrN3O2S. The van der Waals surface area contributed by atoms with E-state index in [4.69, 9.17) is 5.26 Å². The summed E-state index contributed by atoms with van der Waals surface area (Å²) in [6, 6.07) is 6.88. The van der Waals surface area contributed by atoms with Crippen LogP contribution in [0.3, 0.4) is 0 Å². The molecule has 108 valence electrons. The normalized spacial score (nSPS) is 17.6. The maximum Gasteiger partial charge on any atom is 0.301 e. The summed E-state index contributed by atoms with van der Waals surface area (Å²) < 4.78 is 29.3. The summed E-state index contributed by atoms with van der Waals surface area (Å²) in [5.41, 5.74) is 0.614. The number of benzene rings is 1. The zero-order valence-corrected chi connectivity index (χ0v) is 13.5. The lowest BCUT2D eigenvalue weighted by Crippen LogP contribution is -2.41. The lowest BCUT2D eigenvalue weighted by atomic mass is 10.0. The zero-order valence-electron chi connectivity index (χ0n) is 11.1. The molecule has 0 amide bonds. The molecule has 0 atom stereocenters. The molecule has 1 heterocycles. The van der Waals surface area contributed by atoms with E-state index in [9.17, 15) is 8.42 Å². The Morgan fingerprint density at radius 2 is 2.05 bits per heavy atom. The molecule has 1 aromatic rings. The smallest absolute Gasteiger partial charge is 0.270 e. The summed E-state index contributed by atoms with van der Waals surface area (Å²) in [6.07, 6.45) is 1.73. The van der Waals surface area contributed by atoms with E-state index in [1.54, 1.807) is 18.2 Å². The van der Waals surface area contributed by atoms with Crippen molar-refractivity contribution in [3.63, 3.8) is 0 Å². The Labute approximate surface area is 127 Å². The molecule has 1 aliphatic rings. The van der Waals surface area contributed by atoms with Crippen LogP contribution >= 0.6 is 15.9 Å². The van der Waals surface area contributed by atoms with Crippen molar-refractivity contribution < 1.29 is 8.42 Å². The monoisotopic (exact) mass is 357 g/mol.